The van der Waals surface area contributed by atoms with Crippen LogP contribution in [0.1, 0.15) is 39.3 Å². The fourth-order valence-electron chi connectivity index (χ4n) is 1.74. The minimum Gasteiger partial charge on any atom is -0.444 e. The number of ether oxygens (including phenoxy) is 1. The molecule has 2 atom stereocenters. The van der Waals surface area contributed by atoms with E-state index in [1.165, 1.54) is 25.1 Å². The van der Waals surface area contributed by atoms with Crippen LogP contribution in [0.4, 0.5) is 9.18 Å². The Bertz CT molecular complexity index is 528. The summed E-state index contributed by atoms with van der Waals surface area (Å²) in [5.41, 5.74) is -0.700. The number of nitro groups is 1. The molecule has 1 amide bonds. The van der Waals surface area contributed by atoms with E-state index in [1.807, 2.05) is 0 Å². The van der Waals surface area contributed by atoms with Crippen molar-refractivity contribution in [3.05, 3.63) is 45.8 Å². The number of alkyl carbamates (subject to hydrolysis) is 1. The van der Waals surface area contributed by atoms with Crippen LogP contribution in [0.3, 0.4) is 0 Å². The molecule has 21 heavy (non-hydrogen) atoms. The van der Waals surface area contributed by atoms with Gasteiger partial charge in [-0.2, -0.15) is 0 Å². The van der Waals surface area contributed by atoms with E-state index in [2.05, 4.69) is 5.32 Å². The predicted molar refractivity (Wildman–Crippen MR) is 75.0 cm³/mol. The van der Waals surface area contributed by atoms with Crippen molar-refractivity contribution in [3.63, 3.8) is 0 Å². The van der Waals surface area contributed by atoms with E-state index < -0.39 is 34.5 Å². The van der Waals surface area contributed by atoms with Crippen LogP contribution in [0.2, 0.25) is 0 Å². The number of carbonyl (C=O) groups excluding carboxylic acids is 1. The van der Waals surface area contributed by atoms with Crippen molar-refractivity contribution in [1.29, 1.82) is 0 Å². The quantitative estimate of drug-likeness (QED) is 0.684. The number of hydrogen-bond acceptors (Lipinski definition) is 4. The van der Waals surface area contributed by atoms with E-state index >= 15 is 0 Å². The van der Waals surface area contributed by atoms with Gasteiger partial charge in [0.1, 0.15) is 17.5 Å². The lowest BCUT2D eigenvalue weighted by molar-refractivity contribution is -0.523. The van der Waals surface area contributed by atoms with E-state index in [4.69, 9.17) is 4.74 Å². The van der Waals surface area contributed by atoms with Gasteiger partial charge in [-0.1, -0.05) is 18.2 Å². The summed E-state index contributed by atoms with van der Waals surface area (Å²) >= 11 is 0. The molecule has 1 rings (SSSR count). The van der Waals surface area contributed by atoms with Crippen molar-refractivity contribution in [2.45, 2.75) is 45.4 Å². The summed E-state index contributed by atoms with van der Waals surface area (Å²) in [6.45, 7) is 6.30. The SMILES string of the molecule is C[C@@H]([C@@H](NC(=O)OC(C)(C)C)c1ccccc1F)[N+](=O)[O-]. The van der Waals surface area contributed by atoms with Gasteiger partial charge in [0.25, 0.3) is 0 Å². The van der Waals surface area contributed by atoms with Gasteiger partial charge in [-0.05, 0) is 26.8 Å². The molecule has 0 aliphatic rings. The number of amides is 1. The molecule has 0 bridgehead atoms. The van der Waals surface area contributed by atoms with Gasteiger partial charge in [-0.3, -0.25) is 10.1 Å². The maximum atomic E-state index is 13.8. The summed E-state index contributed by atoms with van der Waals surface area (Å²) in [4.78, 5) is 22.2. The summed E-state index contributed by atoms with van der Waals surface area (Å²) < 4.78 is 18.9. The number of nitrogens with one attached hydrogen (secondary N) is 1. The summed E-state index contributed by atoms with van der Waals surface area (Å²) in [5, 5.41) is 13.4. The Morgan fingerprint density at radius 3 is 2.43 bits per heavy atom. The van der Waals surface area contributed by atoms with Gasteiger partial charge in [0.05, 0.1) is 0 Å². The van der Waals surface area contributed by atoms with Crippen LogP contribution in [0.15, 0.2) is 24.3 Å². The largest absolute Gasteiger partial charge is 0.444 e. The normalized spacial score (nSPS) is 14.1. The van der Waals surface area contributed by atoms with Crippen molar-refractivity contribution in [2.24, 2.45) is 0 Å². The van der Waals surface area contributed by atoms with E-state index in [-0.39, 0.29) is 5.56 Å². The molecular weight excluding hydrogens is 279 g/mol. The fourth-order valence-corrected chi connectivity index (χ4v) is 1.74. The number of nitrogens with zero attached hydrogens (tertiary/aromatic N) is 1. The molecule has 1 aromatic carbocycles. The zero-order chi connectivity index (χ0) is 16.2. The number of carbonyl (C=O) groups is 1. The molecule has 0 aliphatic carbocycles. The molecule has 0 aromatic heterocycles. The maximum absolute atomic E-state index is 13.8. The van der Waals surface area contributed by atoms with Gasteiger partial charge in [-0.25, -0.2) is 9.18 Å². The summed E-state index contributed by atoms with van der Waals surface area (Å²) in [6.07, 6.45) is -0.829. The van der Waals surface area contributed by atoms with Gasteiger partial charge in [0, 0.05) is 17.4 Å². The Hall–Kier alpha value is -2.18. The second-order valence-corrected chi connectivity index (χ2v) is 5.67. The molecule has 0 heterocycles. The second-order valence-electron chi connectivity index (χ2n) is 5.67. The fraction of sp³-hybridized carbons (Fsp3) is 0.500. The number of benzene rings is 1. The lowest BCUT2D eigenvalue weighted by Crippen LogP contribution is -2.41. The van der Waals surface area contributed by atoms with Crippen LogP contribution in [0.5, 0.6) is 0 Å². The molecule has 1 N–H and O–H groups in total. The Morgan fingerprint density at radius 2 is 1.95 bits per heavy atom. The third-order valence-corrected chi connectivity index (χ3v) is 2.73. The smallest absolute Gasteiger partial charge is 0.408 e. The minimum atomic E-state index is -1.20. The highest BCUT2D eigenvalue weighted by Crippen LogP contribution is 2.22. The van der Waals surface area contributed by atoms with Gasteiger partial charge in [0.15, 0.2) is 0 Å². The number of rotatable bonds is 4. The Labute approximate surface area is 122 Å². The monoisotopic (exact) mass is 298 g/mol. The third-order valence-electron chi connectivity index (χ3n) is 2.73. The average Bonchev–Trinajstić information content (AvgIpc) is 2.34. The van der Waals surface area contributed by atoms with E-state index in [0.717, 1.165) is 0 Å². The van der Waals surface area contributed by atoms with E-state index in [1.54, 1.807) is 26.8 Å². The van der Waals surface area contributed by atoms with E-state index in [9.17, 15) is 19.3 Å². The van der Waals surface area contributed by atoms with Crippen molar-refractivity contribution in [2.75, 3.05) is 0 Å². The van der Waals surface area contributed by atoms with Crippen molar-refractivity contribution >= 4 is 6.09 Å². The first-order chi connectivity index (χ1) is 9.61. The van der Waals surface area contributed by atoms with Crippen LogP contribution in [0.25, 0.3) is 0 Å². The number of halogens is 1. The van der Waals surface area contributed by atoms with Crippen LogP contribution in [-0.2, 0) is 4.74 Å². The van der Waals surface area contributed by atoms with Gasteiger partial charge >= 0.3 is 6.09 Å². The zero-order valence-electron chi connectivity index (χ0n) is 12.4. The standard InChI is InChI=1S/C14H19FN2O4/c1-9(17(19)20)12(10-7-5-6-8-11(10)15)16-13(18)21-14(2,3)4/h5-9,12H,1-4H3,(H,16,18)/t9-,12+/m0/s1. The predicted octanol–water partition coefficient (Wildman–Crippen LogP) is 3.06. The second kappa shape index (κ2) is 6.51. The van der Waals surface area contributed by atoms with Crippen LogP contribution in [0, 0.1) is 15.9 Å². The molecule has 0 fully saturated rings. The average molecular weight is 298 g/mol. The van der Waals surface area contributed by atoms with Crippen molar-refractivity contribution in [3.8, 4) is 0 Å². The Morgan fingerprint density at radius 1 is 1.38 bits per heavy atom. The number of hydrogen-bond donors (Lipinski definition) is 1. The first kappa shape index (κ1) is 16.9. The third kappa shape index (κ3) is 5.02. The summed E-state index contributed by atoms with van der Waals surface area (Å²) in [5.74, 6) is -0.618. The molecule has 0 spiro atoms. The van der Waals surface area contributed by atoms with Crippen LogP contribution < -0.4 is 5.32 Å². The van der Waals surface area contributed by atoms with Crippen molar-refractivity contribution in [1.82, 2.24) is 5.32 Å². The molecule has 1 aromatic rings. The first-order valence-corrected chi connectivity index (χ1v) is 6.49. The topological polar surface area (TPSA) is 81.5 Å². The van der Waals surface area contributed by atoms with Crippen molar-refractivity contribution < 1.29 is 18.8 Å². The zero-order valence-corrected chi connectivity index (χ0v) is 12.4. The molecule has 0 saturated heterocycles. The Kier molecular flexibility index (Phi) is 5.23. The first-order valence-electron chi connectivity index (χ1n) is 6.49. The minimum absolute atomic E-state index is 0.0487. The summed E-state index contributed by atoms with van der Waals surface area (Å²) in [7, 11) is 0. The Balaban J connectivity index is 3.02. The maximum Gasteiger partial charge on any atom is 0.408 e. The molecular formula is C14H19FN2O4. The van der Waals surface area contributed by atoms with Gasteiger partial charge < -0.3 is 10.1 Å². The van der Waals surface area contributed by atoms with E-state index in [0.29, 0.717) is 0 Å². The summed E-state index contributed by atoms with van der Waals surface area (Å²) in [6, 6.07) is 3.29. The molecule has 0 saturated carbocycles. The molecule has 6 nitrogen and oxygen atoms in total. The highest BCUT2D eigenvalue weighted by atomic mass is 19.1. The molecule has 0 aliphatic heterocycles. The molecule has 116 valence electrons. The van der Waals surface area contributed by atoms with Gasteiger partial charge in [-0.15, -0.1) is 0 Å². The highest BCUT2D eigenvalue weighted by Gasteiger charge is 2.33. The van der Waals surface area contributed by atoms with Crippen LogP contribution in [-0.4, -0.2) is 22.7 Å². The van der Waals surface area contributed by atoms with Gasteiger partial charge in [0.2, 0.25) is 6.04 Å². The van der Waals surface area contributed by atoms with Crippen LogP contribution >= 0.6 is 0 Å². The molecule has 0 unspecified atom stereocenters. The molecule has 7 heteroatoms. The highest BCUT2D eigenvalue weighted by molar-refractivity contribution is 5.68. The lowest BCUT2D eigenvalue weighted by atomic mass is 10.0. The lowest BCUT2D eigenvalue weighted by Gasteiger charge is -2.24. The molecule has 0 radical (unpaired) electrons.